The van der Waals surface area contributed by atoms with Crippen molar-refractivity contribution in [1.29, 1.82) is 0 Å². The molecule has 1 fully saturated rings. The van der Waals surface area contributed by atoms with Crippen LogP contribution in [0.25, 0.3) is 0 Å². The summed E-state index contributed by atoms with van der Waals surface area (Å²) >= 11 is 0. The molecule has 2 amide bonds. The number of nitrogens with zero attached hydrogens (tertiary/aromatic N) is 2. The first-order valence-corrected chi connectivity index (χ1v) is 10.3. The smallest absolute Gasteiger partial charge is 0.257 e. The number of rotatable bonds is 4. The number of amides is 2. The van der Waals surface area contributed by atoms with Crippen LogP contribution in [0.5, 0.6) is 0 Å². The fourth-order valence-corrected chi connectivity index (χ4v) is 4.36. The van der Waals surface area contributed by atoms with E-state index in [1.165, 1.54) is 6.07 Å². The molecule has 2 aromatic rings. The van der Waals surface area contributed by atoms with Crippen molar-refractivity contribution in [2.24, 2.45) is 0 Å². The molecular weight excluding hydrogens is 369 g/mol. The van der Waals surface area contributed by atoms with Crippen molar-refractivity contribution in [2.75, 3.05) is 18.0 Å². The molecule has 0 aromatic heterocycles. The molecule has 5 nitrogen and oxygen atoms in total. The van der Waals surface area contributed by atoms with Gasteiger partial charge in [-0.1, -0.05) is 24.6 Å². The summed E-state index contributed by atoms with van der Waals surface area (Å²) in [6, 6.07) is 11.6. The number of hydrogen-bond acceptors (Lipinski definition) is 3. The summed E-state index contributed by atoms with van der Waals surface area (Å²) in [5.74, 6) is -0.563. The summed E-state index contributed by atoms with van der Waals surface area (Å²) in [5, 5.41) is 2.78. The average molecular weight is 395 g/mol. The molecule has 2 heterocycles. The molecule has 0 saturated carbocycles. The number of carbonyl (C=O) groups excluding carboxylic acids is 2. The summed E-state index contributed by atoms with van der Waals surface area (Å²) in [5.41, 5.74) is 2.39. The molecule has 0 bridgehead atoms. The Morgan fingerprint density at radius 2 is 2.00 bits per heavy atom. The van der Waals surface area contributed by atoms with Crippen LogP contribution in [0.3, 0.4) is 0 Å². The molecule has 2 aromatic carbocycles. The molecular formula is C23H26FN3O2. The van der Waals surface area contributed by atoms with Gasteiger partial charge in [0.1, 0.15) is 12.0 Å². The van der Waals surface area contributed by atoms with Gasteiger partial charge in [-0.25, -0.2) is 4.39 Å². The fraction of sp³-hybridized carbons (Fsp3) is 0.391. The first-order valence-electron chi connectivity index (χ1n) is 10.3. The highest BCUT2D eigenvalue weighted by Crippen LogP contribution is 2.35. The predicted octanol–water partition coefficient (Wildman–Crippen LogP) is 3.94. The van der Waals surface area contributed by atoms with E-state index in [9.17, 15) is 14.0 Å². The van der Waals surface area contributed by atoms with E-state index in [0.29, 0.717) is 16.7 Å². The van der Waals surface area contributed by atoms with Crippen LogP contribution in [0.1, 0.15) is 58.9 Å². The molecule has 29 heavy (non-hydrogen) atoms. The van der Waals surface area contributed by atoms with E-state index in [2.05, 4.69) is 17.1 Å². The van der Waals surface area contributed by atoms with Gasteiger partial charge in [0.15, 0.2) is 0 Å². The van der Waals surface area contributed by atoms with E-state index in [4.69, 9.17) is 0 Å². The molecule has 1 N–H and O–H groups in total. The molecule has 1 saturated heterocycles. The molecule has 4 rings (SSSR count). The summed E-state index contributed by atoms with van der Waals surface area (Å²) in [7, 11) is 0. The second-order valence-corrected chi connectivity index (χ2v) is 7.62. The van der Waals surface area contributed by atoms with E-state index >= 15 is 0 Å². The highest BCUT2D eigenvalue weighted by molar-refractivity contribution is 6.04. The van der Waals surface area contributed by atoms with Crippen molar-refractivity contribution in [1.82, 2.24) is 10.2 Å². The van der Waals surface area contributed by atoms with Crippen molar-refractivity contribution in [3.05, 3.63) is 65.0 Å². The van der Waals surface area contributed by atoms with Gasteiger partial charge in [-0.3, -0.25) is 9.59 Å². The van der Waals surface area contributed by atoms with Gasteiger partial charge >= 0.3 is 0 Å². The van der Waals surface area contributed by atoms with E-state index in [-0.39, 0.29) is 30.3 Å². The minimum atomic E-state index is -0.338. The van der Waals surface area contributed by atoms with Crippen molar-refractivity contribution in [3.63, 3.8) is 0 Å². The zero-order valence-corrected chi connectivity index (χ0v) is 16.7. The maximum Gasteiger partial charge on any atom is 0.257 e. The second kappa shape index (κ2) is 8.23. The van der Waals surface area contributed by atoms with Gasteiger partial charge in [0, 0.05) is 30.8 Å². The van der Waals surface area contributed by atoms with Gasteiger partial charge in [0.05, 0.1) is 11.3 Å². The van der Waals surface area contributed by atoms with Crippen LogP contribution in [-0.2, 0) is 6.54 Å². The first kappa shape index (κ1) is 19.4. The molecule has 6 heteroatoms. The molecule has 0 radical (unpaired) electrons. The maximum absolute atomic E-state index is 13.8. The Hall–Kier alpha value is -2.89. The Bertz CT molecular complexity index is 930. The molecule has 2 aliphatic rings. The summed E-state index contributed by atoms with van der Waals surface area (Å²) < 4.78 is 13.8. The molecule has 0 spiro atoms. The standard InChI is InChI=1S/C23H26FN3O2/c1-2-26-20-14-16(22(28)25-15-17-8-5-6-9-19(17)24)11-12-18(20)23(29)27-13-7-3-4-10-21(26)27/h5-6,8-9,11-12,14,21H,2-4,7,10,13,15H2,1H3,(H,25,28)/t21-/m0/s1. The minimum Gasteiger partial charge on any atom is -0.351 e. The fourth-order valence-electron chi connectivity index (χ4n) is 4.36. The highest BCUT2D eigenvalue weighted by Gasteiger charge is 2.37. The lowest BCUT2D eigenvalue weighted by atomic mass is 10.0. The van der Waals surface area contributed by atoms with E-state index in [0.717, 1.165) is 44.5 Å². The Balaban J connectivity index is 1.59. The SMILES string of the molecule is CCN1c2cc(C(=O)NCc3ccccc3F)ccc2C(=O)N2CCCCC[C@H]21. The molecule has 0 unspecified atom stereocenters. The third-order valence-corrected chi connectivity index (χ3v) is 5.88. The first-order chi connectivity index (χ1) is 14.1. The maximum atomic E-state index is 13.8. The van der Waals surface area contributed by atoms with Crippen molar-refractivity contribution < 1.29 is 14.0 Å². The lowest BCUT2D eigenvalue weighted by Crippen LogP contribution is -2.55. The Morgan fingerprint density at radius 3 is 2.79 bits per heavy atom. The monoisotopic (exact) mass is 395 g/mol. The van der Waals surface area contributed by atoms with Gasteiger partial charge < -0.3 is 15.1 Å². The van der Waals surface area contributed by atoms with Crippen LogP contribution in [0, 0.1) is 5.82 Å². The third-order valence-electron chi connectivity index (χ3n) is 5.88. The zero-order chi connectivity index (χ0) is 20.4. The minimum absolute atomic E-state index is 0.0508. The van der Waals surface area contributed by atoms with Gasteiger partial charge in [-0.15, -0.1) is 0 Å². The largest absolute Gasteiger partial charge is 0.351 e. The van der Waals surface area contributed by atoms with E-state index in [1.807, 2.05) is 4.90 Å². The number of anilines is 1. The number of nitrogens with one attached hydrogen (secondary N) is 1. The van der Waals surface area contributed by atoms with E-state index in [1.54, 1.807) is 36.4 Å². The normalized spacial score (nSPS) is 18.7. The Kier molecular flexibility index (Phi) is 5.51. The predicted molar refractivity (Wildman–Crippen MR) is 110 cm³/mol. The molecule has 1 atom stereocenters. The zero-order valence-electron chi connectivity index (χ0n) is 16.7. The number of hydrogen-bond donors (Lipinski definition) is 1. The van der Waals surface area contributed by atoms with Crippen molar-refractivity contribution in [2.45, 2.75) is 45.3 Å². The van der Waals surface area contributed by atoms with Crippen LogP contribution >= 0.6 is 0 Å². The second-order valence-electron chi connectivity index (χ2n) is 7.62. The lowest BCUT2D eigenvalue weighted by Gasteiger charge is -2.44. The van der Waals surface area contributed by atoms with Gasteiger partial charge in [0.25, 0.3) is 11.8 Å². The molecule has 152 valence electrons. The Morgan fingerprint density at radius 1 is 1.17 bits per heavy atom. The average Bonchev–Trinajstić information content (AvgIpc) is 2.99. The number of benzene rings is 2. The third kappa shape index (κ3) is 3.71. The number of fused-ring (bicyclic) bond motifs is 2. The van der Waals surface area contributed by atoms with Crippen LogP contribution in [-0.4, -0.2) is 36.0 Å². The van der Waals surface area contributed by atoms with Gasteiger partial charge in [-0.2, -0.15) is 0 Å². The highest BCUT2D eigenvalue weighted by atomic mass is 19.1. The summed E-state index contributed by atoms with van der Waals surface area (Å²) in [6.07, 6.45) is 4.27. The van der Waals surface area contributed by atoms with Gasteiger partial charge in [0.2, 0.25) is 0 Å². The summed E-state index contributed by atoms with van der Waals surface area (Å²) in [4.78, 5) is 29.9. The molecule has 2 aliphatic heterocycles. The van der Waals surface area contributed by atoms with Crippen molar-refractivity contribution >= 4 is 17.5 Å². The van der Waals surface area contributed by atoms with Crippen LogP contribution in [0.2, 0.25) is 0 Å². The van der Waals surface area contributed by atoms with Crippen LogP contribution in [0.4, 0.5) is 10.1 Å². The topological polar surface area (TPSA) is 52.7 Å². The Labute approximate surface area is 170 Å². The van der Waals surface area contributed by atoms with Gasteiger partial charge in [-0.05, 0) is 50.5 Å². The van der Waals surface area contributed by atoms with E-state index < -0.39 is 0 Å². The number of carbonyl (C=O) groups is 2. The lowest BCUT2D eigenvalue weighted by molar-refractivity contribution is 0.0656. The summed E-state index contributed by atoms with van der Waals surface area (Å²) in [6.45, 7) is 3.75. The number of halogens is 1. The van der Waals surface area contributed by atoms with Crippen LogP contribution in [0.15, 0.2) is 42.5 Å². The quantitative estimate of drug-likeness (QED) is 0.853. The van der Waals surface area contributed by atoms with Crippen molar-refractivity contribution in [3.8, 4) is 0 Å². The molecule has 0 aliphatic carbocycles. The van der Waals surface area contributed by atoms with Crippen LogP contribution < -0.4 is 10.2 Å².